The number of carbonyl (C=O) groups excluding carboxylic acids is 1. The number of aromatic amines is 1. The van der Waals surface area contributed by atoms with Crippen LogP contribution in [0.15, 0.2) is 16.2 Å². The first-order valence-electron chi connectivity index (χ1n) is 9.90. The molecule has 2 aromatic heterocycles. The molecule has 1 amide bonds. The number of nitrogens with one attached hydrogen (secondary N) is 1. The molecule has 1 N–H and O–H groups in total. The molecular formula is C21H27N3O3S. The molecule has 0 radical (unpaired) electrons. The predicted octanol–water partition coefficient (Wildman–Crippen LogP) is 3.77. The van der Waals surface area contributed by atoms with Gasteiger partial charge in [0.15, 0.2) is 0 Å². The van der Waals surface area contributed by atoms with Gasteiger partial charge in [0, 0.05) is 17.8 Å². The standard InChI is InChI=1S/C21H27N3O3S/c1-5-13-10-16(28-12-13)21(7-8-21)18-22-15-6-9-24(11-14(15)17(25)23-18)19(26)27-20(2,3)4/h10,12H,5-9,11H2,1-4H3,(H,22,23,25). The van der Waals surface area contributed by atoms with Gasteiger partial charge in [-0.2, -0.15) is 0 Å². The van der Waals surface area contributed by atoms with Gasteiger partial charge in [0.25, 0.3) is 5.56 Å². The molecule has 4 rings (SSSR count). The van der Waals surface area contributed by atoms with E-state index < -0.39 is 5.60 Å². The quantitative estimate of drug-likeness (QED) is 0.850. The van der Waals surface area contributed by atoms with Crippen LogP contribution in [-0.4, -0.2) is 33.1 Å². The summed E-state index contributed by atoms with van der Waals surface area (Å²) < 4.78 is 5.45. The monoisotopic (exact) mass is 401 g/mol. The molecule has 150 valence electrons. The van der Waals surface area contributed by atoms with E-state index in [9.17, 15) is 9.59 Å². The Morgan fingerprint density at radius 1 is 1.39 bits per heavy atom. The van der Waals surface area contributed by atoms with Crippen molar-refractivity contribution in [3.8, 4) is 0 Å². The number of thiophene rings is 1. The molecule has 2 aliphatic rings. The average Bonchev–Trinajstić information content (AvgIpc) is 3.30. The molecule has 2 aromatic rings. The van der Waals surface area contributed by atoms with E-state index in [-0.39, 0.29) is 23.6 Å². The van der Waals surface area contributed by atoms with Crippen molar-refractivity contribution in [1.82, 2.24) is 14.9 Å². The highest BCUT2D eigenvalue weighted by molar-refractivity contribution is 7.10. The number of hydrogen-bond acceptors (Lipinski definition) is 5. The Bertz CT molecular complexity index is 966. The van der Waals surface area contributed by atoms with Crippen molar-refractivity contribution in [3.63, 3.8) is 0 Å². The molecule has 0 saturated heterocycles. The molecule has 0 spiro atoms. The maximum Gasteiger partial charge on any atom is 0.410 e. The number of nitrogens with zero attached hydrogens (tertiary/aromatic N) is 2. The van der Waals surface area contributed by atoms with Gasteiger partial charge >= 0.3 is 6.09 Å². The molecule has 3 heterocycles. The number of fused-ring (bicyclic) bond motifs is 1. The summed E-state index contributed by atoms with van der Waals surface area (Å²) in [6.45, 7) is 8.44. The molecule has 7 heteroatoms. The molecule has 1 saturated carbocycles. The molecule has 1 fully saturated rings. The summed E-state index contributed by atoms with van der Waals surface area (Å²) in [6.07, 6.45) is 3.24. The Labute approximate surface area is 168 Å². The number of H-pyrrole nitrogens is 1. The molecule has 0 unspecified atom stereocenters. The second-order valence-corrected chi connectivity index (χ2v) is 9.66. The van der Waals surface area contributed by atoms with E-state index in [1.54, 1.807) is 16.2 Å². The first kappa shape index (κ1) is 19.2. The zero-order valence-electron chi connectivity index (χ0n) is 16.9. The number of hydrogen-bond donors (Lipinski definition) is 1. The highest BCUT2D eigenvalue weighted by Crippen LogP contribution is 2.54. The molecule has 28 heavy (non-hydrogen) atoms. The van der Waals surface area contributed by atoms with Crippen LogP contribution in [0.2, 0.25) is 0 Å². The maximum atomic E-state index is 12.8. The lowest BCUT2D eigenvalue weighted by Gasteiger charge is -2.30. The van der Waals surface area contributed by atoms with E-state index in [1.807, 2.05) is 20.8 Å². The van der Waals surface area contributed by atoms with Crippen LogP contribution in [0.4, 0.5) is 4.79 Å². The molecule has 6 nitrogen and oxygen atoms in total. The SMILES string of the molecule is CCc1csc(C2(c3nc4c(c(=O)[nH]3)CN(C(=O)OC(C)(C)C)CC4)CC2)c1. The summed E-state index contributed by atoms with van der Waals surface area (Å²) in [4.78, 5) is 36.0. The summed E-state index contributed by atoms with van der Waals surface area (Å²) in [5, 5.41) is 2.20. The molecule has 0 bridgehead atoms. The summed E-state index contributed by atoms with van der Waals surface area (Å²) >= 11 is 1.76. The van der Waals surface area contributed by atoms with Crippen LogP contribution in [0.5, 0.6) is 0 Å². The van der Waals surface area contributed by atoms with Gasteiger partial charge in [0.2, 0.25) is 0 Å². The van der Waals surface area contributed by atoms with E-state index in [0.29, 0.717) is 18.5 Å². The summed E-state index contributed by atoms with van der Waals surface area (Å²) in [5.74, 6) is 0.784. The Balaban J connectivity index is 1.60. The third kappa shape index (κ3) is 3.48. The van der Waals surface area contributed by atoms with Crippen LogP contribution in [0.3, 0.4) is 0 Å². The third-order valence-electron chi connectivity index (χ3n) is 5.46. The van der Waals surface area contributed by atoms with Crippen LogP contribution in [0.25, 0.3) is 0 Å². The first-order chi connectivity index (χ1) is 13.2. The lowest BCUT2D eigenvalue weighted by atomic mass is 10.0. The second-order valence-electron chi connectivity index (χ2n) is 8.75. The van der Waals surface area contributed by atoms with Crippen molar-refractivity contribution in [3.05, 3.63) is 49.3 Å². The zero-order chi connectivity index (χ0) is 20.1. The summed E-state index contributed by atoms with van der Waals surface area (Å²) in [6, 6.07) is 2.25. The molecule has 1 aliphatic heterocycles. The first-order valence-corrected chi connectivity index (χ1v) is 10.8. The predicted molar refractivity (Wildman–Crippen MR) is 109 cm³/mol. The van der Waals surface area contributed by atoms with Gasteiger partial charge < -0.3 is 14.6 Å². The minimum atomic E-state index is -0.553. The largest absolute Gasteiger partial charge is 0.444 e. The van der Waals surface area contributed by atoms with Crippen LogP contribution < -0.4 is 5.56 Å². The fourth-order valence-electron chi connectivity index (χ4n) is 3.67. The molecule has 0 atom stereocenters. The van der Waals surface area contributed by atoms with E-state index >= 15 is 0 Å². The number of ether oxygens (including phenoxy) is 1. The Morgan fingerprint density at radius 2 is 2.14 bits per heavy atom. The zero-order valence-corrected chi connectivity index (χ0v) is 17.7. The molecule has 1 aliphatic carbocycles. The van der Waals surface area contributed by atoms with Gasteiger partial charge in [0.05, 0.1) is 23.2 Å². The van der Waals surface area contributed by atoms with Crippen molar-refractivity contribution in [2.45, 2.75) is 70.9 Å². The Kier molecular flexibility index (Phi) is 4.61. The number of aromatic nitrogens is 2. The van der Waals surface area contributed by atoms with E-state index in [2.05, 4.69) is 23.4 Å². The summed E-state index contributed by atoms with van der Waals surface area (Å²) in [5.41, 5.74) is 1.91. The third-order valence-corrected chi connectivity index (χ3v) is 6.64. The fraction of sp³-hybridized carbons (Fsp3) is 0.571. The van der Waals surface area contributed by atoms with E-state index in [1.165, 1.54) is 10.4 Å². The van der Waals surface area contributed by atoms with Gasteiger partial charge in [-0.15, -0.1) is 11.3 Å². The highest BCUT2D eigenvalue weighted by Gasteiger charge is 2.50. The number of carbonyl (C=O) groups is 1. The van der Waals surface area contributed by atoms with Gasteiger partial charge in [-0.3, -0.25) is 4.79 Å². The van der Waals surface area contributed by atoms with Crippen molar-refractivity contribution < 1.29 is 9.53 Å². The second kappa shape index (κ2) is 6.72. The van der Waals surface area contributed by atoms with Gasteiger partial charge in [0.1, 0.15) is 11.4 Å². The Morgan fingerprint density at radius 3 is 2.75 bits per heavy atom. The highest BCUT2D eigenvalue weighted by atomic mass is 32.1. The lowest BCUT2D eigenvalue weighted by molar-refractivity contribution is 0.0221. The fourth-order valence-corrected chi connectivity index (χ4v) is 4.93. The number of amides is 1. The molecular weight excluding hydrogens is 374 g/mol. The number of rotatable bonds is 3. The van der Waals surface area contributed by atoms with Crippen molar-refractivity contribution >= 4 is 17.4 Å². The minimum Gasteiger partial charge on any atom is -0.444 e. The van der Waals surface area contributed by atoms with Gasteiger partial charge in [-0.05, 0) is 57.0 Å². The normalized spacial score (nSPS) is 17.9. The van der Waals surface area contributed by atoms with Crippen molar-refractivity contribution in [2.75, 3.05) is 6.54 Å². The maximum absolute atomic E-state index is 12.8. The van der Waals surface area contributed by atoms with Crippen LogP contribution >= 0.6 is 11.3 Å². The minimum absolute atomic E-state index is 0.130. The van der Waals surface area contributed by atoms with Crippen molar-refractivity contribution in [2.24, 2.45) is 0 Å². The van der Waals surface area contributed by atoms with Crippen LogP contribution in [-0.2, 0) is 29.5 Å². The van der Waals surface area contributed by atoms with Gasteiger partial charge in [-0.25, -0.2) is 9.78 Å². The molecule has 0 aromatic carbocycles. The number of aryl methyl sites for hydroxylation is 1. The van der Waals surface area contributed by atoms with Crippen molar-refractivity contribution in [1.29, 1.82) is 0 Å². The van der Waals surface area contributed by atoms with E-state index in [0.717, 1.165) is 30.8 Å². The smallest absolute Gasteiger partial charge is 0.410 e. The van der Waals surface area contributed by atoms with Crippen LogP contribution in [0.1, 0.15) is 68.1 Å². The van der Waals surface area contributed by atoms with E-state index in [4.69, 9.17) is 9.72 Å². The van der Waals surface area contributed by atoms with Crippen LogP contribution in [0, 0.1) is 0 Å². The Hall–Kier alpha value is -2.15. The average molecular weight is 402 g/mol. The summed E-state index contributed by atoms with van der Waals surface area (Å²) in [7, 11) is 0. The van der Waals surface area contributed by atoms with Gasteiger partial charge in [-0.1, -0.05) is 6.92 Å². The lowest BCUT2D eigenvalue weighted by Crippen LogP contribution is -2.42. The topological polar surface area (TPSA) is 75.3 Å².